The Balaban J connectivity index is 1.60. The third-order valence-corrected chi connectivity index (χ3v) is 5.03. The molecule has 1 aromatic carbocycles. The van der Waals surface area contributed by atoms with Gasteiger partial charge in [-0.3, -0.25) is 14.4 Å². The maximum absolute atomic E-state index is 12.8. The summed E-state index contributed by atoms with van der Waals surface area (Å²) in [7, 11) is 0. The molecule has 2 aliphatic heterocycles. The van der Waals surface area contributed by atoms with Gasteiger partial charge in [0, 0.05) is 38.3 Å². The van der Waals surface area contributed by atoms with Crippen LogP contribution in [0.3, 0.4) is 0 Å². The van der Waals surface area contributed by atoms with E-state index in [4.69, 9.17) is 0 Å². The van der Waals surface area contributed by atoms with Crippen LogP contribution >= 0.6 is 0 Å². The summed E-state index contributed by atoms with van der Waals surface area (Å²) in [4.78, 5) is 42.6. The fraction of sp³-hybridized carbons (Fsp3) is 0.550. The SMILES string of the molecule is Cc1ccc(N2CCN(C(=O)[C@H]3CC(=O)N(CC(C)C)C3)CC2=O)cc1. The zero-order valence-corrected chi connectivity index (χ0v) is 15.8. The first-order valence-corrected chi connectivity index (χ1v) is 9.28. The minimum atomic E-state index is -0.319. The van der Waals surface area contributed by atoms with Crippen LogP contribution in [0.25, 0.3) is 0 Å². The van der Waals surface area contributed by atoms with Gasteiger partial charge in [0.05, 0.1) is 5.92 Å². The molecular weight excluding hydrogens is 330 g/mol. The molecule has 0 spiro atoms. The van der Waals surface area contributed by atoms with Gasteiger partial charge in [-0.05, 0) is 25.0 Å². The van der Waals surface area contributed by atoms with Crippen LogP contribution in [-0.4, -0.2) is 60.2 Å². The van der Waals surface area contributed by atoms with Gasteiger partial charge in [-0.15, -0.1) is 0 Å². The number of anilines is 1. The van der Waals surface area contributed by atoms with Gasteiger partial charge in [0.1, 0.15) is 6.54 Å². The Morgan fingerprint density at radius 2 is 1.81 bits per heavy atom. The van der Waals surface area contributed by atoms with Gasteiger partial charge in [0.2, 0.25) is 17.7 Å². The third-order valence-electron chi connectivity index (χ3n) is 5.03. The predicted molar refractivity (Wildman–Crippen MR) is 99.6 cm³/mol. The highest BCUT2D eigenvalue weighted by Gasteiger charge is 2.38. The molecule has 0 unspecified atom stereocenters. The summed E-state index contributed by atoms with van der Waals surface area (Å²) in [6.07, 6.45) is 0.262. The summed E-state index contributed by atoms with van der Waals surface area (Å²) < 4.78 is 0. The molecule has 140 valence electrons. The van der Waals surface area contributed by atoms with E-state index >= 15 is 0 Å². The van der Waals surface area contributed by atoms with Crippen LogP contribution < -0.4 is 4.90 Å². The summed E-state index contributed by atoms with van der Waals surface area (Å²) >= 11 is 0. The number of carbonyl (C=O) groups is 3. The quantitative estimate of drug-likeness (QED) is 0.824. The van der Waals surface area contributed by atoms with Crippen LogP contribution in [0, 0.1) is 18.8 Å². The first-order chi connectivity index (χ1) is 12.3. The van der Waals surface area contributed by atoms with Gasteiger partial charge in [0.15, 0.2) is 0 Å². The first kappa shape index (κ1) is 18.4. The Labute approximate surface area is 154 Å². The minimum absolute atomic E-state index is 0.0432. The molecule has 6 heteroatoms. The number of amides is 3. The van der Waals surface area contributed by atoms with Crippen LogP contribution in [0.4, 0.5) is 5.69 Å². The molecule has 3 amide bonds. The molecule has 2 saturated heterocycles. The Kier molecular flexibility index (Phi) is 5.30. The number of piperazine rings is 1. The van der Waals surface area contributed by atoms with E-state index in [0.29, 0.717) is 32.1 Å². The van der Waals surface area contributed by atoms with E-state index in [2.05, 4.69) is 13.8 Å². The summed E-state index contributed by atoms with van der Waals surface area (Å²) in [6.45, 7) is 8.37. The third kappa shape index (κ3) is 3.89. The molecule has 26 heavy (non-hydrogen) atoms. The Hall–Kier alpha value is -2.37. The molecule has 0 saturated carbocycles. The molecule has 3 rings (SSSR count). The highest BCUT2D eigenvalue weighted by molar-refractivity contribution is 5.99. The fourth-order valence-electron chi connectivity index (χ4n) is 3.67. The topological polar surface area (TPSA) is 60.9 Å². The van der Waals surface area contributed by atoms with Crippen molar-refractivity contribution in [2.45, 2.75) is 27.2 Å². The fourth-order valence-corrected chi connectivity index (χ4v) is 3.67. The Morgan fingerprint density at radius 3 is 2.42 bits per heavy atom. The lowest BCUT2D eigenvalue weighted by Crippen LogP contribution is -2.54. The average Bonchev–Trinajstić information content (AvgIpc) is 2.95. The summed E-state index contributed by atoms with van der Waals surface area (Å²) in [6, 6.07) is 7.83. The number of nitrogens with zero attached hydrogens (tertiary/aromatic N) is 3. The zero-order chi connectivity index (χ0) is 18.8. The molecule has 2 fully saturated rings. The van der Waals surface area contributed by atoms with Gasteiger partial charge in [-0.1, -0.05) is 31.5 Å². The number of carbonyl (C=O) groups excluding carboxylic acids is 3. The van der Waals surface area contributed by atoms with Crippen molar-refractivity contribution in [3.63, 3.8) is 0 Å². The Bertz CT molecular complexity index is 699. The van der Waals surface area contributed by atoms with Crippen LogP contribution in [0.15, 0.2) is 24.3 Å². The van der Waals surface area contributed by atoms with Crippen LogP contribution in [0.2, 0.25) is 0 Å². The second-order valence-electron chi connectivity index (χ2n) is 7.73. The molecule has 1 aromatic rings. The van der Waals surface area contributed by atoms with E-state index in [1.807, 2.05) is 31.2 Å². The standard InChI is InChI=1S/C20H27N3O3/c1-14(2)11-22-12-16(10-18(22)24)20(26)21-8-9-23(19(25)13-21)17-6-4-15(3)5-7-17/h4-7,14,16H,8-13H2,1-3H3/t16-/m0/s1. The van der Waals surface area contributed by atoms with Gasteiger partial charge in [-0.25, -0.2) is 0 Å². The van der Waals surface area contributed by atoms with Crippen LogP contribution in [0.1, 0.15) is 25.8 Å². The molecule has 6 nitrogen and oxygen atoms in total. The summed E-state index contributed by atoms with van der Waals surface area (Å²) in [5.74, 6) is -0.0348. The van der Waals surface area contributed by atoms with Crippen molar-refractivity contribution in [2.24, 2.45) is 11.8 Å². The zero-order valence-electron chi connectivity index (χ0n) is 15.8. The molecule has 2 aliphatic rings. The number of hydrogen-bond acceptors (Lipinski definition) is 3. The maximum Gasteiger partial charge on any atom is 0.246 e. The molecule has 0 aliphatic carbocycles. The number of hydrogen-bond donors (Lipinski definition) is 0. The largest absolute Gasteiger partial charge is 0.342 e. The minimum Gasteiger partial charge on any atom is -0.342 e. The van der Waals surface area contributed by atoms with Gasteiger partial charge >= 0.3 is 0 Å². The summed E-state index contributed by atoms with van der Waals surface area (Å²) in [5, 5.41) is 0. The maximum atomic E-state index is 12.8. The molecule has 0 bridgehead atoms. The van der Waals surface area contributed by atoms with Crippen molar-refractivity contribution in [3.05, 3.63) is 29.8 Å². The number of aryl methyl sites for hydroxylation is 1. The Morgan fingerprint density at radius 1 is 1.12 bits per heavy atom. The van der Waals surface area contributed by atoms with E-state index in [1.54, 1.807) is 14.7 Å². The van der Waals surface area contributed by atoms with Crippen molar-refractivity contribution >= 4 is 23.4 Å². The second kappa shape index (κ2) is 7.48. The number of rotatable bonds is 4. The molecule has 0 N–H and O–H groups in total. The van der Waals surface area contributed by atoms with E-state index in [1.165, 1.54) is 0 Å². The average molecular weight is 357 g/mol. The van der Waals surface area contributed by atoms with E-state index < -0.39 is 0 Å². The number of benzene rings is 1. The van der Waals surface area contributed by atoms with Crippen molar-refractivity contribution in [3.8, 4) is 0 Å². The van der Waals surface area contributed by atoms with Crippen molar-refractivity contribution in [2.75, 3.05) is 37.6 Å². The monoisotopic (exact) mass is 357 g/mol. The van der Waals surface area contributed by atoms with E-state index in [9.17, 15) is 14.4 Å². The first-order valence-electron chi connectivity index (χ1n) is 9.28. The van der Waals surface area contributed by atoms with Crippen LogP contribution in [0.5, 0.6) is 0 Å². The van der Waals surface area contributed by atoms with Crippen LogP contribution in [-0.2, 0) is 14.4 Å². The molecular formula is C20H27N3O3. The smallest absolute Gasteiger partial charge is 0.246 e. The highest BCUT2D eigenvalue weighted by atomic mass is 16.2. The summed E-state index contributed by atoms with van der Waals surface area (Å²) in [5.41, 5.74) is 2.01. The van der Waals surface area contributed by atoms with E-state index in [-0.39, 0.29) is 36.6 Å². The molecule has 1 atom stereocenters. The molecule has 0 aromatic heterocycles. The highest BCUT2D eigenvalue weighted by Crippen LogP contribution is 2.23. The van der Waals surface area contributed by atoms with Gasteiger partial charge in [0.25, 0.3) is 0 Å². The van der Waals surface area contributed by atoms with E-state index in [0.717, 1.165) is 11.3 Å². The molecule has 0 radical (unpaired) electrons. The lowest BCUT2D eigenvalue weighted by Gasteiger charge is -2.35. The van der Waals surface area contributed by atoms with Crippen molar-refractivity contribution < 1.29 is 14.4 Å². The second-order valence-corrected chi connectivity index (χ2v) is 7.73. The van der Waals surface area contributed by atoms with Gasteiger partial charge < -0.3 is 14.7 Å². The van der Waals surface area contributed by atoms with Crippen molar-refractivity contribution in [1.82, 2.24) is 9.80 Å². The lowest BCUT2D eigenvalue weighted by molar-refractivity contribution is -0.140. The van der Waals surface area contributed by atoms with Gasteiger partial charge in [-0.2, -0.15) is 0 Å². The number of likely N-dealkylation sites (tertiary alicyclic amines) is 1. The lowest BCUT2D eigenvalue weighted by atomic mass is 10.1. The molecule has 2 heterocycles. The normalized spacial score (nSPS) is 21.1. The van der Waals surface area contributed by atoms with Crippen molar-refractivity contribution in [1.29, 1.82) is 0 Å². The predicted octanol–water partition coefficient (Wildman–Crippen LogP) is 1.67.